The Bertz CT molecular complexity index is 1080. The number of halogens is 1. The fourth-order valence-corrected chi connectivity index (χ4v) is 7.17. The number of hydrogen-bond donors (Lipinski definition) is 2. The molecule has 2 aromatic rings. The number of nitrogens with zero attached hydrogens (tertiary/aromatic N) is 3. The van der Waals surface area contributed by atoms with Crippen molar-refractivity contribution in [2.75, 3.05) is 26.7 Å². The zero-order valence-electron chi connectivity index (χ0n) is 24.5. The second-order valence-electron chi connectivity index (χ2n) is 12.1. The minimum atomic E-state index is -0.785. The summed E-state index contributed by atoms with van der Waals surface area (Å²) in [6.07, 6.45) is 11.1. The highest BCUT2D eigenvalue weighted by molar-refractivity contribution is 5.73. The van der Waals surface area contributed by atoms with Crippen LogP contribution in [0, 0.1) is 17.7 Å². The smallest absolute Gasteiger partial charge is 0.320 e. The number of rotatable bonds is 8. The van der Waals surface area contributed by atoms with Gasteiger partial charge in [0.25, 0.3) is 0 Å². The molecule has 2 N–H and O–H groups in total. The molecule has 0 radical (unpaired) electrons. The van der Waals surface area contributed by atoms with Gasteiger partial charge in [0.2, 0.25) is 0 Å². The van der Waals surface area contributed by atoms with E-state index < -0.39 is 12.0 Å². The Hall–Kier alpha value is -2.25. The Morgan fingerprint density at radius 3 is 2.51 bits per heavy atom. The van der Waals surface area contributed by atoms with Crippen LogP contribution in [0.1, 0.15) is 100 Å². The molecule has 1 aliphatic carbocycles. The van der Waals surface area contributed by atoms with E-state index in [-0.39, 0.29) is 11.7 Å². The van der Waals surface area contributed by atoms with Gasteiger partial charge in [0.1, 0.15) is 17.7 Å². The fraction of sp³-hybridized carbons (Fsp3) is 0.688. The van der Waals surface area contributed by atoms with Crippen LogP contribution in [0.2, 0.25) is 0 Å². The maximum absolute atomic E-state index is 13.7. The first-order chi connectivity index (χ1) is 18.8. The molecule has 0 spiro atoms. The zero-order valence-corrected chi connectivity index (χ0v) is 24.5. The SMILES string of the molecule is CCc1nc2n(c1C1CCN(CC3CCC[C@@H]3c3cccc(F)c3)CC1)CCCC2.CNC(C(=O)O)C(C)C. The molecule has 7 heteroatoms. The van der Waals surface area contributed by atoms with E-state index in [1.54, 1.807) is 24.9 Å². The monoisotopic (exact) mass is 540 g/mol. The minimum Gasteiger partial charge on any atom is -0.480 e. The summed E-state index contributed by atoms with van der Waals surface area (Å²) in [5.74, 6) is 2.51. The first-order valence-corrected chi connectivity index (χ1v) is 15.3. The van der Waals surface area contributed by atoms with Crippen molar-refractivity contribution in [2.24, 2.45) is 11.8 Å². The maximum Gasteiger partial charge on any atom is 0.320 e. The van der Waals surface area contributed by atoms with Crippen LogP contribution in [0.3, 0.4) is 0 Å². The van der Waals surface area contributed by atoms with Gasteiger partial charge >= 0.3 is 5.97 Å². The van der Waals surface area contributed by atoms with Crippen molar-refractivity contribution in [2.45, 2.75) is 103 Å². The van der Waals surface area contributed by atoms with Crippen molar-refractivity contribution in [1.29, 1.82) is 0 Å². The molecule has 0 amide bonds. The number of aryl methyl sites for hydroxylation is 2. The van der Waals surface area contributed by atoms with Crippen LogP contribution in [0.15, 0.2) is 24.3 Å². The molecule has 2 unspecified atom stereocenters. The van der Waals surface area contributed by atoms with E-state index in [0.29, 0.717) is 17.8 Å². The van der Waals surface area contributed by atoms with E-state index >= 15 is 0 Å². The van der Waals surface area contributed by atoms with Crippen LogP contribution >= 0.6 is 0 Å². The number of carboxylic acid groups (broad SMARTS) is 1. The highest BCUT2D eigenvalue weighted by atomic mass is 19.1. The van der Waals surface area contributed by atoms with Crippen molar-refractivity contribution in [1.82, 2.24) is 19.8 Å². The molecular formula is C32H49FN4O2. The van der Waals surface area contributed by atoms with Crippen LogP contribution < -0.4 is 5.32 Å². The molecule has 1 saturated heterocycles. The molecule has 3 heterocycles. The Morgan fingerprint density at radius 2 is 1.90 bits per heavy atom. The van der Waals surface area contributed by atoms with Crippen molar-refractivity contribution in [3.05, 3.63) is 52.9 Å². The first kappa shape index (κ1) is 29.7. The van der Waals surface area contributed by atoms with Gasteiger partial charge in [0.05, 0.1) is 5.69 Å². The highest BCUT2D eigenvalue weighted by Gasteiger charge is 2.33. The van der Waals surface area contributed by atoms with E-state index in [9.17, 15) is 9.18 Å². The van der Waals surface area contributed by atoms with Gasteiger partial charge in [-0.2, -0.15) is 0 Å². The van der Waals surface area contributed by atoms with Gasteiger partial charge in [-0.25, -0.2) is 9.37 Å². The largest absolute Gasteiger partial charge is 0.480 e. The van der Waals surface area contributed by atoms with E-state index in [1.165, 1.54) is 88.2 Å². The van der Waals surface area contributed by atoms with Crippen molar-refractivity contribution >= 4 is 5.97 Å². The number of carboxylic acids is 1. The second-order valence-corrected chi connectivity index (χ2v) is 12.1. The first-order valence-electron chi connectivity index (χ1n) is 15.3. The number of carbonyl (C=O) groups is 1. The van der Waals surface area contributed by atoms with Gasteiger partial charge in [0, 0.05) is 31.1 Å². The normalized spacial score (nSPS) is 22.8. The third-order valence-corrected chi connectivity index (χ3v) is 9.18. The van der Waals surface area contributed by atoms with Gasteiger partial charge in [-0.3, -0.25) is 4.79 Å². The number of aromatic nitrogens is 2. The molecule has 39 heavy (non-hydrogen) atoms. The third-order valence-electron chi connectivity index (χ3n) is 9.18. The summed E-state index contributed by atoms with van der Waals surface area (Å²) in [7, 11) is 1.65. The lowest BCUT2D eigenvalue weighted by molar-refractivity contribution is -0.140. The molecule has 2 aliphatic heterocycles. The molecule has 1 aromatic carbocycles. The Labute approximate surface area is 234 Å². The molecule has 6 nitrogen and oxygen atoms in total. The number of likely N-dealkylation sites (N-methyl/N-ethyl adjacent to an activating group) is 1. The number of benzene rings is 1. The van der Waals surface area contributed by atoms with E-state index in [2.05, 4.69) is 27.8 Å². The van der Waals surface area contributed by atoms with Crippen molar-refractivity contribution in [3.8, 4) is 0 Å². The van der Waals surface area contributed by atoms with Gasteiger partial charge < -0.3 is 19.9 Å². The van der Waals surface area contributed by atoms with Gasteiger partial charge in [-0.1, -0.05) is 39.3 Å². The summed E-state index contributed by atoms with van der Waals surface area (Å²) in [6.45, 7) is 10.7. The summed E-state index contributed by atoms with van der Waals surface area (Å²) >= 11 is 0. The van der Waals surface area contributed by atoms with E-state index in [4.69, 9.17) is 10.1 Å². The van der Waals surface area contributed by atoms with Crippen LogP contribution in [0.4, 0.5) is 4.39 Å². The zero-order chi connectivity index (χ0) is 27.9. The summed E-state index contributed by atoms with van der Waals surface area (Å²) in [4.78, 5) is 18.0. The summed E-state index contributed by atoms with van der Waals surface area (Å²) in [6, 6.07) is 6.93. The molecule has 3 aliphatic rings. The lowest BCUT2D eigenvalue weighted by Gasteiger charge is -2.36. The lowest BCUT2D eigenvalue weighted by Crippen LogP contribution is -2.38. The fourth-order valence-electron chi connectivity index (χ4n) is 7.17. The van der Waals surface area contributed by atoms with Crippen molar-refractivity contribution < 1.29 is 14.3 Å². The van der Waals surface area contributed by atoms with Crippen LogP contribution in [-0.2, 0) is 24.2 Å². The number of aliphatic carboxylic acids is 1. The van der Waals surface area contributed by atoms with Gasteiger partial charge in [-0.15, -0.1) is 0 Å². The number of piperidine rings is 1. The van der Waals surface area contributed by atoms with Crippen molar-refractivity contribution in [3.63, 3.8) is 0 Å². The Morgan fingerprint density at radius 1 is 1.13 bits per heavy atom. The van der Waals surface area contributed by atoms with Crippen LogP contribution in [0.25, 0.3) is 0 Å². The van der Waals surface area contributed by atoms with Gasteiger partial charge in [0.15, 0.2) is 0 Å². The number of imidazole rings is 1. The average Bonchev–Trinajstić information content (AvgIpc) is 3.54. The van der Waals surface area contributed by atoms with Crippen LogP contribution in [0.5, 0.6) is 0 Å². The molecule has 3 atom stereocenters. The third kappa shape index (κ3) is 7.29. The van der Waals surface area contributed by atoms with Gasteiger partial charge in [-0.05, 0) is 101 Å². The van der Waals surface area contributed by atoms with Crippen LogP contribution in [-0.4, -0.2) is 58.3 Å². The number of nitrogens with one attached hydrogen (secondary N) is 1. The number of fused-ring (bicyclic) bond motifs is 1. The number of likely N-dealkylation sites (tertiary alicyclic amines) is 1. The molecule has 1 saturated carbocycles. The molecule has 0 bridgehead atoms. The summed E-state index contributed by atoms with van der Waals surface area (Å²) in [5, 5.41) is 11.2. The Kier molecular flexibility index (Phi) is 10.6. The molecule has 5 rings (SSSR count). The second kappa shape index (κ2) is 13.9. The van der Waals surface area contributed by atoms with E-state index in [1.807, 2.05) is 19.9 Å². The topological polar surface area (TPSA) is 70.4 Å². The molecule has 2 fully saturated rings. The highest BCUT2D eigenvalue weighted by Crippen LogP contribution is 2.41. The number of hydrogen-bond acceptors (Lipinski definition) is 4. The molecule has 216 valence electrons. The Balaban J connectivity index is 0.000000340. The maximum atomic E-state index is 13.7. The molecular weight excluding hydrogens is 491 g/mol. The summed E-state index contributed by atoms with van der Waals surface area (Å²) in [5.41, 5.74) is 4.16. The standard InChI is InChI=1S/C26H36FN3.C6H13NO2/c1-2-24-26(30-14-4-3-11-25(30)28-24)19-12-15-29(16-13-19)18-21-8-6-10-23(21)20-7-5-9-22(27)17-20;1-4(2)5(7-3)6(8)9/h5,7,9,17,19,21,23H,2-4,6,8,10-16,18H2,1H3;4-5,7H,1-3H3,(H,8,9)/t21?,23-;/m1./s1. The minimum absolute atomic E-state index is 0.0881. The quantitative estimate of drug-likeness (QED) is 0.430. The average molecular weight is 541 g/mol. The lowest BCUT2D eigenvalue weighted by atomic mass is 9.86. The van der Waals surface area contributed by atoms with E-state index in [0.717, 1.165) is 12.8 Å². The predicted molar refractivity (Wildman–Crippen MR) is 155 cm³/mol. The summed E-state index contributed by atoms with van der Waals surface area (Å²) < 4.78 is 16.3. The predicted octanol–water partition coefficient (Wildman–Crippen LogP) is 6.00. The molecule has 1 aromatic heterocycles.